The number of para-hydroxylation sites is 1. The third kappa shape index (κ3) is 4.00. The van der Waals surface area contributed by atoms with Crippen molar-refractivity contribution in [2.75, 3.05) is 25.0 Å². The molecule has 0 bridgehead atoms. The van der Waals surface area contributed by atoms with Gasteiger partial charge in [0.1, 0.15) is 5.82 Å². The Kier molecular flexibility index (Phi) is 5.42. The summed E-state index contributed by atoms with van der Waals surface area (Å²) in [5.41, 5.74) is 0.663. The van der Waals surface area contributed by atoms with Gasteiger partial charge < -0.3 is 10.2 Å². The number of anilines is 1. The zero-order valence-corrected chi connectivity index (χ0v) is 11.2. The van der Waals surface area contributed by atoms with E-state index in [1.165, 1.54) is 6.07 Å². The lowest BCUT2D eigenvalue weighted by Crippen LogP contribution is -2.43. The molecule has 0 saturated heterocycles. The lowest BCUT2D eigenvalue weighted by molar-refractivity contribution is 0.409. The number of rotatable bonds is 6. The Morgan fingerprint density at radius 1 is 1.29 bits per heavy atom. The number of halogens is 1. The van der Waals surface area contributed by atoms with Gasteiger partial charge in [-0.05, 0) is 24.6 Å². The summed E-state index contributed by atoms with van der Waals surface area (Å²) in [7, 11) is 1.94. The maximum Gasteiger partial charge on any atom is 0.146 e. The summed E-state index contributed by atoms with van der Waals surface area (Å²) in [5, 5.41) is 3.44. The standard InChI is InChI=1S/C14H23FN2/c1-5-16-13(11(2)3)10-17(4)14-9-7-6-8-12(14)15/h6-9,11,13,16H,5,10H2,1-4H3. The number of likely N-dealkylation sites (N-methyl/N-ethyl adjacent to an activating group) is 2. The Labute approximate surface area is 104 Å². The van der Waals surface area contributed by atoms with Gasteiger partial charge >= 0.3 is 0 Å². The predicted molar refractivity (Wildman–Crippen MR) is 72.0 cm³/mol. The molecule has 0 saturated carbocycles. The van der Waals surface area contributed by atoms with Crippen molar-refractivity contribution in [3.63, 3.8) is 0 Å². The Hall–Kier alpha value is -1.09. The first-order valence-electron chi connectivity index (χ1n) is 6.25. The maximum atomic E-state index is 13.6. The molecule has 3 heteroatoms. The molecule has 96 valence electrons. The lowest BCUT2D eigenvalue weighted by atomic mass is 10.0. The molecule has 0 spiro atoms. The van der Waals surface area contributed by atoms with E-state index in [2.05, 4.69) is 26.1 Å². The van der Waals surface area contributed by atoms with Gasteiger partial charge in [-0.2, -0.15) is 0 Å². The second-order valence-corrected chi connectivity index (χ2v) is 4.74. The lowest BCUT2D eigenvalue weighted by Gasteiger charge is -2.29. The normalized spacial score (nSPS) is 12.8. The minimum atomic E-state index is -0.158. The van der Waals surface area contributed by atoms with E-state index in [1.807, 2.05) is 24.1 Å². The molecule has 0 aromatic heterocycles. The van der Waals surface area contributed by atoms with Gasteiger partial charge in [0.2, 0.25) is 0 Å². The summed E-state index contributed by atoms with van der Waals surface area (Å²) in [4.78, 5) is 1.97. The second-order valence-electron chi connectivity index (χ2n) is 4.74. The van der Waals surface area contributed by atoms with E-state index in [9.17, 15) is 4.39 Å². The molecule has 0 aliphatic rings. The van der Waals surface area contributed by atoms with Crippen molar-refractivity contribution in [2.45, 2.75) is 26.8 Å². The molecule has 1 atom stereocenters. The largest absolute Gasteiger partial charge is 0.371 e. The van der Waals surface area contributed by atoms with Gasteiger partial charge in [0.05, 0.1) is 5.69 Å². The molecule has 1 aromatic carbocycles. The fourth-order valence-electron chi connectivity index (χ4n) is 1.93. The van der Waals surface area contributed by atoms with Crippen molar-refractivity contribution in [1.82, 2.24) is 5.32 Å². The third-order valence-corrected chi connectivity index (χ3v) is 3.01. The molecule has 0 radical (unpaired) electrons. The Balaban J connectivity index is 2.70. The Morgan fingerprint density at radius 2 is 1.94 bits per heavy atom. The monoisotopic (exact) mass is 238 g/mol. The molecule has 0 amide bonds. The number of benzene rings is 1. The van der Waals surface area contributed by atoms with Crippen LogP contribution in [0.15, 0.2) is 24.3 Å². The van der Waals surface area contributed by atoms with Crippen LogP contribution in [0.25, 0.3) is 0 Å². The summed E-state index contributed by atoms with van der Waals surface area (Å²) >= 11 is 0. The highest BCUT2D eigenvalue weighted by molar-refractivity contribution is 5.46. The van der Waals surface area contributed by atoms with Crippen molar-refractivity contribution >= 4 is 5.69 Å². The van der Waals surface area contributed by atoms with Gasteiger partial charge in [-0.25, -0.2) is 4.39 Å². The molecule has 1 N–H and O–H groups in total. The van der Waals surface area contributed by atoms with Crippen LogP contribution < -0.4 is 10.2 Å². The first kappa shape index (κ1) is 14.0. The Morgan fingerprint density at radius 3 is 2.47 bits per heavy atom. The van der Waals surface area contributed by atoms with E-state index < -0.39 is 0 Å². The van der Waals surface area contributed by atoms with Crippen molar-refractivity contribution in [3.05, 3.63) is 30.1 Å². The number of hydrogen-bond donors (Lipinski definition) is 1. The van der Waals surface area contributed by atoms with Crippen LogP contribution in [-0.4, -0.2) is 26.2 Å². The van der Waals surface area contributed by atoms with Crippen LogP contribution in [0.4, 0.5) is 10.1 Å². The molecule has 0 aliphatic heterocycles. The highest BCUT2D eigenvalue weighted by Gasteiger charge is 2.16. The first-order chi connectivity index (χ1) is 8.06. The number of hydrogen-bond acceptors (Lipinski definition) is 2. The van der Waals surface area contributed by atoms with Gasteiger partial charge in [0.25, 0.3) is 0 Å². The molecule has 0 aliphatic carbocycles. The van der Waals surface area contributed by atoms with E-state index in [0.717, 1.165) is 13.1 Å². The average molecular weight is 238 g/mol. The highest BCUT2D eigenvalue weighted by atomic mass is 19.1. The third-order valence-electron chi connectivity index (χ3n) is 3.01. The summed E-state index contributed by atoms with van der Waals surface area (Å²) in [6.45, 7) is 8.21. The van der Waals surface area contributed by atoms with Crippen LogP contribution in [0.2, 0.25) is 0 Å². The number of nitrogens with zero attached hydrogens (tertiary/aromatic N) is 1. The minimum absolute atomic E-state index is 0.158. The molecule has 17 heavy (non-hydrogen) atoms. The van der Waals surface area contributed by atoms with Crippen molar-refractivity contribution < 1.29 is 4.39 Å². The van der Waals surface area contributed by atoms with Crippen LogP contribution in [0.3, 0.4) is 0 Å². The van der Waals surface area contributed by atoms with Gasteiger partial charge in [0, 0.05) is 19.6 Å². The highest BCUT2D eigenvalue weighted by Crippen LogP contribution is 2.18. The fraction of sp³-hybridized carbons (Fsp3) is 0.571. The first-order valence-corrected chi connectivity index (χ1v) is 6.25. The van der Waals surface area contributed by atoms with Gasteiger partial charge in [-0.15, -0.1) is 0 Å². The average Bonchev–Trinajstić information content (AvgIpc) is 2.28. The molecule has 1 aromatic rings. The van der Waals surface area contributed by atoms with Gasteiger partial charge in [0.15, 0.2) is 0 Å². The van der Waals surface area contributed by atoms with Crippen LogP contribution in [0.1, 0.15) is 20.8 Å². The molecule has 2 nitrogen and oxygen atoms in total. The van der Waals surface area contributed by atoms with Crippen LogP contribution in [0.5, 0.6) is 0 Å². The topological polar surface area (TPSA) is 15.3 Å². The molecular weight excluding hydrogens is 215 g/mol. The minimum Gasteiger partial charge on any atom is -0.371 e. The molecule has 0 heterocycles. The van der Waals surface area contributed by atoms with Crippen molar-refractivity contribution in [2.24, 2.45) is 5.92 Å². The zero-order valence-electron chi connectivity index (χ0n) is 11.2. The summed E-state index contributed by atoms with van der Waals surface area (Å²) < 4.78 is 13.6. The van der Waals surface area contributed by atoms with E-state index in [4.69, 9.17) is 0 Å². The molecule has 1 unspecified atom stereocenters. The van der Waals surface area contributed by atoms with Crippen LogP contribution in [0, 0.1) is 11.7 Å². The molecular formula is C14H23FN2. The van der Waals surface area contributed by atoms with E-state index in [-0.39, 0.29) is 5.82 Å². The summed E-state index contributed by atoms with van der Waals surface area (Å²) in [6, 6.07) is 7.29. The predicted octanol–water partition coefficient (Wildman–Crippen LogP) is 2.90. The molecule has 0 fully saturated rings. The van der Waals surface area contributed by atoms with Crippen LogP contribution >= 0.6 is 0 Å². The smallest absolute Gasteiger partial charge is 0.146 e. The van der Waals surface area contributed by atoms with E-state index >= 15 is 0 Å². The molecule has 1 rings (SSSR count). The summed E-state index contributed by atoms with van der Waals surface area (Å²) in [6.07, 6.45) is 0. The maximum absolute atomic E-state index is 13.6. The Bertz CT molecular complexity index is 339. The zero-order chi connectivity index (χ0) is 12.8. The second kappa shape index (κ2) is 6.60. The van der Waals surface area contributed by atoms with Gasteiger partial charge in [-0.3, -0.25) is 0 Å². The SMILES string of the molecule is CCNC(CN(C)c1ccccc1F)C(C)C. The van der Waals surface area contributed by atoms with E-state index in [0.29, 0.717) is 17.6 Å². The quantitative estimate of drug-likeness (QED) is 0.820. The summed E-state index contributed by atoms with van der Waals surface area (Å²) in [5.74, 6) is 0.373. The van der Waals surface area contributed by atoms with Gasteiger partial charge in [-0.1, -0.05) is 32.9 Å². The number of nitrogens with one attached hydrogen (secondary N) is 1. The van der Waals surface area contributed by atoms with Crippen molar-refractivity contribution in [3.8, 4) is 0 Å². The fourth-order valence-corrected chi connectivity index (χ4v) is 1.93. The van der Waals surface area contributed by atoms with Crippen LogP contribution in [-0.2, 0) is 0 Å². The van der Waals surface area contributed by atoms with Crippen molar-refractivity contribution in [1.29, 1.82) is 0 Å². The van der Waals surface area contributed by atoms with E-state index in [1.54, 1.807) is 6.07 Å².